The first-order valence-corrected chi connectivity index (χ1v) is 9.55. The summed E-state index contributed by atoms with van der Waals surface area (Å²) in [6.07, 6.45) is 1.33. The average Bonchev–Trinajstić information content (AvgIpc) is 2.98. The number of thioether (sulfide) groups is 1. The summed E-state index contributed by atoms with van der Waals surface area (Å²) >= 11 is 0.689. The molecule has 0 unspecified atom stereocenters. The van der Waals surface area contributed by atoms with Crippen molar-refractivity contribution < 1.29 is 24.4 Å². The van der Waals surface area contributed by atoms with Crippen LogP contribution in [0.2, 0.25) is 0 Å². The summed E-state index contributed by atoms with van der Waals surface area (Å²) in [5, 5.41) is 29.9. The minimum Gasteiger partial charge on any atom is -0.500 e. The summed E-state index contributed by atoms with van der Waals surface area (Å²) in [7, 11) is 0. The number of ether oxygens (including phenoxy) is 1. The Hall–Kier alpha value is -3.84. The molecule has 0 radical (unpaired) electrons. The van der Waals surface area contributed by atoms with Crippen LogP contribution >= 0.6 is 11.8 Å². The zero-order chi connectivity index (χ0) is 21.8. The molecule has 2 amide bonds. The monoisotopic (exact) mass is 425 g/mol. The number of imide groups is 1. The van der Waals surface area contributed by atoms with Crippen molar-refractivity contribution in [1.29, 1.82) is 5.26 Å². The van der Waals surface area contributed by atoms with E-state index in [0.29, 0.717) is 22.9 Å². The van der Waals surface area contributed by atoms with E-state index in [-0.39, 0.29) is 29.4 Å². The van der Waals surface area contributed by atoms with Gasteiger partial charge in [0.2, 0.25) is 5.75 Å². The number of rotatable bonds is 6. The van der Waals surface area contributed by atoms with Gasteiger partial charge in [0.05, 0.1) is 34.6 Å². The molecule has 1 N–H and O–H groups in total. The van der Waals surface area contributed by atoms with Crippen molar-refractivity contribution in [2.45, 2.75) is 13.5 Å². The lowest BCUT2D eigenvalue weighted by atomic mass is 10.1. The summed E-state index contributed by atoms with van der Waals surface area (Å²) in [6.45, 7) is 1.76. The van der Waals surface area contributed by atoms with Crippen LogP contribution < -0.4 is 4.74 Å². The summed E-state index contributed by atoms with van der Waals surface area (Å²) in [5.74, 6) is -1.29. The van der Waals surface area contributed by atoms with E-state index in [2.05, 4.69) is 0 Å². The highest BCUT2D eigenvalue weighted by molar-refractivity contribution is 8.18. The predicted octanol–water partition coefficient (Wildman–Crippen LogP) is 3.81. The summed E-state index contributed by atoms with van der Waals surface area (Å²) < 4.78 is 5.22. The number of phenolic OH excluding ortho intramolecular Hbond substituents is 1. The van der Waals surface area contributed by atoms with Gasteiger partial charge < -0.3 is 9.84 Å². The summed E-state index contributed by atoms with van der Waals surface area (Å²) in [4.78, 5) is 36.6. The number of hydrogen-bond donors (Lipinski definition) is 1. The van der Waals surface area contributed by atoms with Crippen molar-refractivity contribution in [2.75, 3.05) is 6.61 Å². The van der Waals surface area contributed by atoms with Gasteiger partial charge in [0.15, 0.2) is 5.75 Å². The zero-order valence-electron chi connectivity index (χ0n) is 15.7. The SMILES string of the molecule is CCOc1cc(/C=C2/SC(=O)N(Cc3ccccc3C#N)C2=O)cc([N+](=O)[O-])c1O. The molecule has 0 spiro atoms. The number of hydrogen-bond acceptors (Lipinski definition) is 8. The van der Waals surface area contributed by atoms with Gasteiger partial charge in [-0.05, 0) is 48.0 Å². The number of nitriles is 1. The molecule has 0 aliphatic carbocycles. The quantitative estimate of drug-likeness (QED) is 0.419. The molecule has 152 valence electrons. The Kier molecular flexibility index (Phi) is 6.03. The molecule has 9 nitrogen and oxygen atoms in total. The van der Waals surface area contributed by atoms with Crippen molar-refractivity contribution in [3.05, 3.63) is 68.1 Å². The molecule has 1 heterocycles. The average molecular weight is 425 g/mol. The van der Waals surface area contributed by atoms with Crippen LogP contribution in [0.4, 0.5) is 10.5 Å². The van der Waals surface area contributed by atoms with E-state index in [9.17, 15) is 30.1 Å². The molecule has 1 fully saturated rings. The van der Waals surface area contributed by atoms with E-state index < -0.39 is 27.5 Å². The molecule has 1 aliphatic rings. The van der Waals surface area contributed by atoms with Crippen molar-refractivity contribution in [2.24, 2.45) is 0 Å². The van der Waals surface area contributed by atoms with Gasteiger partial charge in [0, 0.05) is 6.07 Å². The highest BCUT2D eigenvalue weighted by Gasteiger charge is 2.35. The number of carbonyl (C=O) groups is 2. The lowest BCUT2D eigenvalue weighted by Crippen LogP contribution is -2.27. The van der Waals surface area contributed by atoms with Gasteiger partial charge in [-0.2, -0.15) is 5.26 Å². The Morgan fingerprint density at radius 2 is 2.07 bits per heavy atom. The van der Waals surface area contributed by atoms with Crippen LogP contribution in [0.15, 0.2) is 41.3 Å². The Morgan fingerprint density at radius 3 is 2.73 bits per heavy atom. The van der Waals surface area contributed by atoms with Gasteiger partial charge in [0.1, 0.15) is 0 Å². The van der Waals surface area contributed by atoms with Gasteiger partial charge in [-0.25, -0.2) is 0 Å². The maximum atomic E-state index is 12.7. The molecule has 0 bridgehead atoms. The minimum absolute atomic E-state index is 0.0638. The number of nitro benzene ring substituents is 1. The fourth-order valence-electron chi connectivity index (χ4n) is 2.83. The zero-order valence-corrected chi connectivity index (χ0v) is 16.5. The number of aromatic hydroxyl groups is 1. The van der Waals surface area contributed by atoms with Crippen LogP contribution in [0.3, 0.4) is 0 Å². The second-order valence-electron chi connectivity index (χ2n) is 6.11. The Labute approximate surface area is 175 Å². The van der Waals surface area contributed by atoms with E-state index in [4.69, 9.17) is 4.74 Å². The Bertz CT molecular complexity index is 1120. The number of nitrogens with zero attached hydrogens (tertiary/aromatic N) is 3. The summed E-state index contributed by atoms with van der Waals surface area (Å²) in [6, 6.07) is 11.1. The number of amides is 2. The van der Waals surface area contributed by atoms with Gasteiger partial charge >= 0.3 is 5.69 Å². The molecule has 2 aromatic carbocycles. The molecule has 10 heteroatoms. The van der Waals surface area contributed by atoms with E-state index in [1.165, 1.54) is 12.1 Å². The molecule has 0 saturated carbocycles. The number of benzene rings is 2. The molecule has 1 aliphatic heterocycles. The van der Waals surface area contributed by atoms with Crippen molar-refractivity contribution in [1.82, 2.24) is 4.90 Å². The maximum absolute atomic E-state index is 12.7. The van der Waals surface area contributed by atoms with Crippen molar-refractivity contribution in [3.8, 4) is 17.6 Å². The minimum atomic E-state index is -0.764. The third-order valence-electron chi connectivity index (χ3n) is 4.21. The van der Waals surface area contributed by atoms with Gasteiger partial charge in [0.25, 0.3) is 11.1 Å². The van der Waals surface area contributed by atoms with Gasteiger partial charge in [-0.1, -0.05) is 18.2 Å². The van der Waals surface area contributed by atoms with Crippen molar-refractivity contribution in [3.63, 3.8) is 0 Å². The van der Waals surface area contributed by atoms with Crippen LogP contribution in [0, 0.1) is 21.4 Å². The second-order valence-corrected chi connectivity index (χ2v) is 7.11. The van der Waals surface area contributed by atoms with Crippen LogP contribution in [-0.4, -0.2) is 32.7 Å². The Morgan fingerprint density at radius 1 is 1.33 bits per heavy atom. The van der Waals surface area contributed by atoms with E-state index in [0.717, 1.165) is 11.0 Å². The van der Waals surface area contributed by atoms with Crippen molar-refractivity contribution >= 4 is 34.7 Å². The largest absolute Gasteiger partial charge is 0.500 e. The molecule has 30 heavy (non-hydrogen) atoms. The highest BCUT2D eigenvalue weighted by Crippen LogP contribution is 2.39. The molecule has 0 atom stereocenters. The third-order valence-corrected chi connectivity index (χ3v) is 5.12. The fourth-order valence-corrected chi connectivity index (χ4v) is 3.67. The third kappa shape index (κ3) is 4.11. The standard InChI is InChI=1S/C20H15N3O6S/c1-2-29-16-8-12(7-15(18(16)24)23(27)28)9-17-19(25)22(20(26)30-17)11-14-6-4-3-5-13(14)10-21/h3-9,24H,2,11H2,1H3/b17-9+. The number of phenols is 1. The smallest absolute Gasteiger partial charge is 0.315 e. The van der Waals surface area contributed by atoms with Crippen LogP contribution in [0.1, 0.15) is 23.6 Å². The van der Waals surface area contributed by atoms with E-state index in [1.807, 2.05) is 6.07 Å². The molecular weight excluding hydrogens is 410 g/mol. The van der Waals surface area contributed by atoms with Crippen LogP contribution in [-0.2, 0) is 11.3 Å². The van der Waals surface area contributed by atoms with E-state index in [1.54, 1.807) is 31.2 Å². The van der Waals surface area contributed by atoms with Gasteiger partial charge in [-0.15, -0.1) is 0 Å². The normalized spacial score (nSPS) is 14.8. The first-order valence-electron chi connectivity index (χ1n) is 8.73. The van der Waals surface area contributed by atoms with Crippen LogP contribution in [0.25, 0.3) is 6.08 Å². The molecule has 1 saturated heterocycles. The lowest BCUT2D eigenvalue weighted by Gasteiger charge is -2.13. The molecule has 3 rings (SSSR count). The van der Waals surface area contributed by atoms with Crippen LogP contribution in [0.5, 0.6) is 11.5 Å². The number of nitro groups is 1. The summed E-state index contributed by atoms with van der Waals surface area (Å²) in [5.41, 5.74) is 0.541. The predicted molar refractivity (Wildman–Crippen MR) is 109 cm³/mol. The Balaban J connectivity index is 1.94. The van der Waals surface area contributed by atoms with Gasteiger partial charge in [-0.3, -0.25) is 24.6 Å². The highest BCUT2D eigenvalue weighted by atomic mass is 32.2. The number of carbonyl (C=O) groups excluding carboxylic acids is 2. The topological polar surface area (TPSA) is 134 Å². The first-order chi connectivity index (χ1) is 14.3. The molecule has 0 aromatic heterocycles. The second kappa shape index (κ2) is 8.67. The van der Waals surface area contributed by atoms with E-state index >= 15 is 0 Å². The first kappa shape index (κ1) is 20.9. The lowest BCUT2D eigenvalue weighted by molar-refractivity contribution is -0.386. The molecular formula is C20H15N3O6S. The maximum Gasteiger partial charge on any atom is 0.315 e. The molecule has 2 aromatic rings. The fraction of sp³-hybridized carbons (Fsp3) is 0.150.